The lowest BCUT2D eigenvalue weighted by atomic mass is 9.84. The van der Waals surface area contributed by atoms with Gasteiger partial charge in [-0.2, -0.15) is 10.5 Å². The van der Waals surface area contributed by atoms with E-state index in [0.717, 1.165) is 18.4 Å². The Hall–Kier alpha value is -2.13. The summed E-state index contributed by atoms with van der Waals surface area (Å²) in [6, 6.07) is 11.4. The SMILES string of the molecule is N#Cc1ccc(C=N[C@H](C#N)C2CCCCC2)cc1. The molecule has 0 radical (unpaired) electrons. The van der Waals surface area contributed by atoms with Crippen molar-refractivity contribution >= 4 is 6.21 Å². The Labute approximate surface area is 114 Å². The minimum atomic E-state index is -0.226. The average Bonchev–Trinajstić information content (AvgIpc) is 2.49. The van der Waals surface area contributed by atoms with E-state index in [1.165, 1.54) is 19.3 Å². The third-order valence-corrected chi connectivity index (χ3v) is 3.65. The van der Waals surface area contributed by atoms with Gasteiger partial charge < -0.3 is 0 Å². The van der Waals surface area contributed by atoms with Crippen molar-refractivity contribution in [1.29, 1.82) is 10.5 Å². The maximum absolute atomic E-state index is 9.23. The number of nitrogens with zero attached hydrogens (tertiary/aromatic N) is 3. The van der Waals surface area contributed by atoms with Crippen LogP contribution in [0.4, 0.5) is 0 Å². The van der Waals surface area contributed by atoms with Crippen LogP contribution in [0.3, 0.4) is 0 Å². The van der Waals surface area contributed by atoms with E-state index in [0.29, 0.717) is 11.5 Å². The van der Waals surface area contributed by atoms with E-state index in [4.69, 9.17) is 5.26 Å². The van der Waals surface area contributed by atoms with E-state index in [1.54, 1.807) is 18.3 Å². The van der Waals surface area contributed by atoms with Gasteiger partial charge in [0.05, 0.1) is 17.7 Å². The van der Waals surface area contributed by atoms with Crippen LogP contribution in [0, 0.1) is 28.6 Å². The fourth-order valence-corrected chi connectivity index (χ4v) is 2.52. The molecule has 19 heavy (non-hydrogen) atoms. The minimum absolute atomic E-state index is 0.226. The average molecular weight is 251 g/mol. The van der Waals surface area contributed by atoms with Gasteiger partial charge >= 0.3 is 0 Å². The van der Waals surface area contributed by atoms with Gasteiger partial charge in [-0.15, -0.1) is 0 Å². The van der Waals surface area contributed by atoms with Gasteiger partial charge in [-0.1, -0.05) is 31.4 Å². The lowest BCUT2D eigenvalue weighted by Gasteiger charge is -2.23. The second-order valence-corrected chi connectivity index (χ2v) is 4.98. The molecule has 1 aliphatic carbocycles. The highest BCUT2D eigenvalue weighted by Gasteiger charge is 2.22. The molecule has 0 heterocycles. The van der Waals surface area contributed by atoms with Gasteiger partial charge in [-0.25, -0.2) is 0 Å². The monoisotopic (exact) mass is 251 g/mol. The van der Waals surface area contributed by atoms with Gasteiger partial charge in [0.15, 0.2) is 0 Å². The fourth-order valence-electron chi connectivity index (χ4n) is 2.52. The molecule has 96 valence electrons. The van der Waals surface area contributed by atoms with Crippen molar-refractivity contribution in [3.05, 3.63) is 35.4 Å². The molecule has 0 saturated heterocycles. The van der Waals surface area contributed by atoms with Gasteiger partial charge in [-0.3, -0.25) is 4.99 Å². The summed E-state index contributed by atoms with van der Waals surface area (Å²) in [5.41, 5.74) is 1.58. The molecule has 1 aromatic rings. The van der Waals surface area contributed by atoms with Crippen LogP contribution in [0.5, 0.6) is 0 Å². The summed E-state index contributed by atoms with van der Waals surface area (Å²) in [5.74, 6) is 0.411. The first-order chi connectivity index (χ1) is 9.33. The first-order valence-electron chi connectivity index (χ1n) is 6.76. The van der Waals surface area contributed by atoms with Crippen LogP contribution >= 0.6 is 0 Å². The van der Waals surface area contributed by atoms with Crippen molar-refractivity contribution in [3.8, 4) is 12.1 Å². The standard InChI is InChI=1S/C16H17N3/c17-10-13-6-8-14(9-7-13)12-19-16(11-18)15-4-2-1-3-5-15/h6-9,12,15-16H,1-5H2/t16-/m1/s1. The molecule has 1 fully saturated rings. The molecule has 1 atom stereocenters. The van der Waals surface area contributed by atoms with Crippen molar-refractivity contribution in [2.75, 3.05) is 0 Å². The van der Waals surface area contributed by atoms with Crippen LogP contribution in [0.15, 0.2) is 29.3 Å². The zero-order valence-corrected chi connectivity index (χ0v) is 10.9. The quantitative estimate of drug-likeness (QED) is 0.772. The second-order valence-electron chi connectivity index (χ2n) is 4.98. The number of rotatable bonds is 3. The van der Waals surface area contributed by atoms with Crippen LogP contribution in [0.25, 0.3) is 0 Å². The van der Waals surface area contributed by atoms with Crippen LogP contribution < -0.4 is 0 Å². The van der Waals surface area contributed by atoms with Gasteiger partial charge in [0, 0.05) is 6.21 Å². The summed E-state index contributed by atoms with van der Waals surface area (Å²) in [5, 5.41) is 18.0. The molecule has 0 aromatic heterocycles. The van der Waals surface area contributed by atoms with Crippen LogP contribution in [0.1, 0.15) is 43.2 Å². The molecular weight excluding hydrogens is 234 g/mol. The van der Waals surface area contributed by atoms with E-state index >= 15 is 0 Å². The summed E-state index contributed by atoms with van der Waals surface area (Å²) in [6.07, 6.45) is 7.70. The maximum atomic E-state index is 9.23. The van der Waals surface area contributed by atoms with E-state index in [-0.39, 0.29) is 6.04 Å². The van der Waals surface area contributed by atoms with Gasteiger partial charge in [0.1, 0.15) is 6.04 Å². The van der Waals surface area contributed by atoms with Crippen LogP contribution in [-0.2, 0) is 0 Å². The molecule has 3 heteroatoms. The Morgan fingerprint density at radius 1 is 1.11 bits per heavy atom. The highest BCUT2D eigenvalue weighted by atomic mass is 14.8. The molecular formula is C16H17N3. The lowest BCUT2D eigenvalue weighted by molar-refractivity contribution is 0.337. The van der Waals surface area contributed by atoms with E-state index < -0.39 is 0 Å². The summed E-state index contributed by atoms with van der Waals surface area (Å²) in [7, 11) is 0. The number of aliphatic imine (C=N–C) groups is 1. The Morgan fingerprint density at radius 3 is 2.37 bits per heavy atom. The molecule has 1 aliphatic rings. The topological polar surface area (TPSA) is 59.9 Å². The van der Waals surface area contributed by atoms with Crippen molar-refractivity contribution in [2.24, 2.45) is 10.9 Å². The number of hydrogen-bond acceptors (Lipinski definition) is 3. The number of nitriles is 2. The molecule has 3 nitrogen and oxygen atoms in total. The van der Waals surface area contributed by atoms with Crippen LogP contribution in [0.2, 0.25) is 0 Å². The highest BCUT2D eigenvalue weighted by molar-refractivity contribution is 5.80. The summed E-state index contributed by atoms with van der Waals surface area (Å²) in [6.45, 7) is 0. The molecule has 0 unspecified atom stereocenters. The molecule has 0 amide bonds. The zero-order chi connectivity index (χ0) is 13.5. The zero-order valence-electron chi connectivity index (χ0n) is 10.9. The van der Waals surface area contributed by atoms with E-state index in [9.17, 15) is 5.26 Å². The van der Waals surface area contributed by atoms with Crippen molar-refractivity contribution in [1.82, 2.24) is 0 Å². The maximum Gasteiger partial charge on any atom is 0.139 e. The van der Waals surface area contributed by atoms with Crippen LogP contribution in [-0.4, -0.2) is 12.3 Å². The second kappa shape index (κ2) is 6.71. The third kappa shape index (κ3) is 3.66. The summed E-state index contributed by atoms with van der Waals surface area (Å²) in [4.78, 5) is 4.42. The molecule has 1 saturated carbocycles. The molecule has 0 aliphatic heterocycles. The number of benzene rings is 1. The Morgan fingerprint density at radius 2 is 1.79 bits per heavy atom. The molecule has 0 bridgehead atoms. The van der Waals surface area contributed by atoms with Gasteiger partial charge in [-0.05, 0) is 36.5 Å². The Kier molecular flexibility index (Phi) is 4.70. The predicted octanol–water partition coefficient (Wildman–Crippen LogP) is 3.45. The van der Waals surface area contributed by atoms with E-state index in [2.05, 4.69) is 17.1 Å². The number of hydrogen-bond donors (Lipinski definition) is 0. The van der Waals surface area contributed by atoms with Gasteiger partial charge in [0.25, 0.3) is 0 Å². The first kappa shape index (κ1) is 13.3. The Balaban J connectivity index is 2.02. The third-order valence-electron chi connectivity index (χ3n) is 3.65. The van der Waals surface area contributed by atoms with Crippen molar-refractivity contribution in [3.63, 3.8) is 0 Å². The lowest BCUT2D eigenvalue weighted by Crippen LogP contribution is -2.20. The summed E-state index contributed by atoms with van der Waals surface area (Å²) >= 11 is 0. The molecule has 1 aromatic carbocycles. The normalized spacial score (nSPS) is 17.8. The van der Waals surface area contributed by atoms with Crippen molar-refractivity contribution in [2.45, 2.75) is 38.1 Å². The fraction of sp³-hybridized carbons (Fsp3) is 0.438. The van der Waals surface area contributed by atoms with Crippen molar-refractivity contribution < 1.29 is 0 Å². The molecule has 0 spiro atoms. The Bertz CT molecular complexity index is 510. The first-order valence-corrected chi connectivity index (χ1v) is 6.76. The minimum Gasteiger partial charge on any atom is -0.274 e. The van der Waals surface area contributed by atoms with Gasteiger partial charge in [0.2, 0.25) is 0 Å². The predicted molar refractivity (Wildman–Crippen MR) is 74.7 cm³/mol. The molecule has 2 rings (SSSR count). The largest absolute Gasteiger partial charge is 0.274 e. The summed E-state index contributed by atoms with van der Waals surface area (Å²) < 4.78 is 0. The van der Waals surface area contributed by atoms with E-state index in [1.807, 2.05) is 12.1 Å². The smallest absolute Gasteiger partial charge is 0.139 e. The molecule has 0 N–H and O–H groups in total. The highest BCUT2D eigenvalue weighted by Crippen LogP contribution is 2.27.